The van der Waals surface area contributed by atoms with Gasteiger partial charge in [-0.25, -0.2) is 4.79 Å². The number of rotatable bonds is 14. The molecule has 23 heavy (non-hydrogen) atoms. The molecule has 0 bridgehead atoms. The number of hydrogen-bond donors (Lipinski definition) is 1. The summed E-state index contributed by atoms with van der Waals surface area (Å²) in [7, 11) is 0. The molecule has 0 aliphatic rings. The molecule has 0 amide bonds. The van der Waals surface area contributed by atoms with Gasteiger partial charge in [-0.2, -0.15) is 0 Å². The molecule has 0 aromatic carbocycles. The second-order valence-electron chi connectivity index (χ2n) is 5.93. The van der Waals surface area contributed by atoms with Crippen LogP contribution in [0.1, 0.15) is 97.8 Å². The normalized spacial score (nSPS) is 10.4. The van der Waals surface area contributed by atoms with Gasteiger partial charge in [0.05, 0.1) is 6.61 Å². The minimum atomic E-state index is -0.221. The molecule has 0 aliphatic heterocycles. The van der Waals surface area contributed by atoms with Crippen LogP contribution in [0.5, 0.6) is 0 Å². The van der Waals surface area contributed by atoms with Crippen molar-refractivity contribution < 1.29 is 14.6 Å². The fourth-order valence-corrected chi connectivity index (χ4v) is 2.13. The Kier molecular flexibility index (Phi) is 24.9. The van der Waals surface area contributed by atoms with Crippen molar-refractivity contribution in [2.24, 2.45) is 0 Å². The van der Waals surface area contributed by atoms with Crippen molar-refractivity contribution in [2.45, 2.75) is 97.8 Å². The molecule has 0 radical (unpaired) electrons. The molecular weight excluding hydrogens is 288 g/mol. The Balaban J connectivity index is 0. The van der Waals surface area contributed by atoms with Gasteiger partial charge in [0.2, 0.25) is 0 Å². The molecular formula is C20H40O3. The molecule has 0 aromatic heterocycles. The lowest BCUT2D eigenvalue weighted by Crippen LogP contribution is -2.01. The fourth-order valence-electron chi connectivity index (χ4n) is 2.13. The van der Waals surface area contributed by atoms with Crippen molar-refractivity contribution in [1.29, 1.82) is 0 Å². The third-order valence-electron chi connectivity index (χ3n) is 3.56. The molecule has 0 aromatic rings. The summed E-state index contributed by atoms with van der Waals surface area (Å²) in [5.74, 6) is -0.221. The average molecular weight is 329 g/mol. The first-order valence-electron chi connectivity index (χ1n) is 9.63. The highest BCUT2D eigenvalue weighted by atomic mass is 16.5. The number of esters is 1. The Hall–Kier alpha value is -0.830. The maximum atomic E-state index is 10.9. The predicted molar refractivity (Wildman–Crippen MR) is 99.6 cm³/mol. The van der Waals surface area contributed by atoms with Gasteiger partial charge in [0.15, 0.2) is 0 Å². The maximum Gasteiger partial charge on any atom is 0.330 e. The van der Waals surface area contributed by atoms with Crippen LogP contribution < -0.4 is 0 Å². The summed E-state index contributed by atoms with van der Waals surface area (Å²) in [5.41, 5.74) is 0. The number of unbranched alkanes of at least 4 members (excludes halogenated alkanes) is 10. The fraction of sp³-hybridized carbons (Fsp3) is 0.850. The quantitative estimate of drug-likeness (QED) is 0.249. The highest BCUT2D eigenvalue weighted by Gasteiger charge is 1.95. The van der Waals surface area contributed by atoms with Crippen LogP contribution in [0.4, 0.5) is 0 Å². The Morgan fingerprint density at radius 1 is 0.826 bits per heavy atom. The number of carbonyl (C=O) groups excluding carboxylic acids is 1. The van der Waals surface area contributed by atoms with Crippen LogP contribution in [0.3, 0.4) is 0 Å². The van der Waals surface area contributed by atoms with Gasteiger partial charge in [-0.1, -0.05) is 84.1 Å². The Labute approximate surface area is 144 Å². The van der Waals surface area contributed by atoms with Crippen LogP contribution in [0, 0.1) is 0 Å². The van der Waals surface area contributed by atoms with E-state index in [2.05, 4.69) is 13.8 Å². The van der Waals surface area contributed by atoms with E-state index >= 15 is 0 Å². The molecule has 0 saturated heterocycles. The van der Waals surface area contributed by atoms with E-state index in [1.165, 1.54) is 70.3 Å². The first-order chi connectivity index (χ1) is 11.2. The summed E-state index contributed by atoms with van der Waals surface area (Å²) in [6.45, 7) is 7.17. The van der Waals surface area contributed by atoms with Crippen molar-refractivity contribution in [1.82, 2.24) is 0 Å². The van der Waals surface area contributed by atoms with E-state index in [-0.39, 0.29) is 5.97 Å². The number of hydrogen-bond acceptors (Lipinski definition) is 3. The molecule has 1 N–H and O–H groups in total. The zero-order valence-electron chi connectivity index (χ0n) is 15.8. The van der Waals surface area contributed by atoms with E-state index in [4.69, 9.17) is 9.84 Å². The number of aliphatic hydroxyl groups excluding tert-OH is 1. The van der Waals surface area contributed by atoms with Crippen molar-refractivity contribution in [3.63, 3.8) is 0 Å². The molecule has 0 rings (SSSR count). The first-order valence-corrected chi connectivity index (χ1v) is 9.63. The van der Waals surface area contributed by atoms with Gasteiger partial charge < -0.3 is 9.84 Å². The van der Waals surface area contributed by atoms with Crippen LogP contribution in [-0.4, -0.2) is 24.3 Å². The lowest BCUT2D eigenvalue weighted by molar-refractivity contribution is -0.137. The number of aliphatic hydroxyl groups is 1. The second-order valence-corrected chi connectivity index (χ2v) is 5.93. The lowest BCUT2D eigenvalue weighted by Gasteiger charge is -2.01. The highest BCUT2D eigenvalue weighted by Crippen LogP contribution is 2.05. The van der Waals surface area contributed by atoms with E-state index in [0.29, 0.717) is 13.2 Å². The van der Waals surface area contributed by atoms with Crippen LogP contribution in [0.2, 0.25) is 0 Å². The smallest absolute Gasteiger partial charge is 0.330 e. The third-order valence-corrected chi connectivity index (χ3v) is 3.56. The molecule has 0 atom stereocenters. The SMILES string of the molecule is CC=CC(=O)OCCCCCCCC.CCCCCCCCO. The van der Waals surface area contributed by atoms with Crippen molar-refractivity contribution in [2.75, 3.05) is 13.2 Å². The molecule has 0 unspecified atom stereocenters. The van der Waals surface area contributed by atoms with Gasteiger partial charge >= 0.3 is 5.97 Å². The summed E-state index contributed by atoms with van der Waals surface area (Å²) in [6, 6.07) is 0. The standard InChI is InChI=1S/C12H22O2.C8H18O/c1-3-5-6-7-8-9-11-14-12(13)10-4-2;1-2-3-4-5-6-7-8-9/h4,10H,3,5-9,11H2,1-2H3;9H,2-8H2,1H3. The lowest BCUT2D eigenvalue weighted by atomic mass is 10.1. The summed E-state index contributed by atoms with van der Waals surface area (Å²) >= 11 is 0. The number of ether oxygens (including phenoxy) is 1. The minimum absolute atomic E-state index is 0.221. The molecule has 138 valence electrons. The van der Waals surface area contributed by atoms with Crippen molar-refractivity contribution >= 4 is 5.97 Å². The second kappa shape index (κ2) is 23.4. The predicted octanol–water partition coefficient (Wildman–Crippen LogP) is 5.81. The topological polar surface area (TPSA) is 46.5 Å². The van der Waals surface area contributed by atoms with Crippen LogP contribution >= 0.6 is 0 Å². The minimum Gasteiger partial charge on any atom is -0.463 e. The van der Waals surface area contributed by atoms with Gasteiger partial charge in [0.1, 0.15) is 0 Å². The van der Waals surface area contributed by atoms with Crippen molar-refractivity contribution in [3.05, 3.63) is 12.2 Å². The molecule has 3 heteroatoms. The van der Waals surface area contributed by atoms with Gasteiger partial charge in [-0.3, -0.25) is 0 Å². The molecule has 0 heterocycles. The zero-order chi connectivity index (χ0) is 17.6. The Morgan fingerprint density at radius 2 is 1.30 bits per heavy atom. The molecule has 0 saturated carbocycles. The average Bonchev–Trinajstić information content (AvgIpc) is 2.55. The van der Waals surface area contributed by atoms with E-state index in [1.54, 1.807) is 6.08 Å². The molecule has 0 fully saturated rings. The Morgan fingerprint density at radius 3 is 1.78 bits per heavy atom. The summed E-state index contributed by atoms with van der Waals surface area (Å²) in [6.07, 6.45) is 18.0. The third kappa shape index (κ3) is 26.4. The van der Waals surface area contributed by atoms with E-state index in [9.17, 15) is 4.79 Å². The monoisotopic (exact) mass is 328 g/mol. The summed E-state index contributed by atoms with van der Waals surface area (Å²) in [5, 5.41) is 8.42. The van der Waals surface area contributed by atoms with Crippen LogP contribution in [0.15, 0.2) is 12.2 Å². The largest absolute Gasteiger partial charge is 0.463 e. The highest BCUT2D eigenvalue weighted by molar-refractivity contribution is 5.81. The van der Waals surface area contributed by atoms with Gasteiger partial charge in [0.25, 0.3) is 0 Å². The van der Waals surface area contributed by atoms with Crippen molar-refractivity contribution in [3.8, 4) is 0 Å². The molecule has 0 aliphatic carbocycles. The van der Waals surface area contributed by atoms with Gasteiger partial charge in [-0.05, 0) is 19.8 Å². The maximum absolute atomic E-state index is 10.9. The van der Waals surface area contributed by atoms with Gasteiger partial charge in [-0.15, -0.1) is 0 Å². The first kappa shape index (κ1) is 24.4. The number of allylic oxidation sites excluding steroid dienone is 1. The number of carbonyl (C=O) groups is 1. The molecule has 0 spiro atoms. The zero-order valence-corrected chi connectivity index (χ0v) is 15.8. The summed E-state index contributed by atoms with van der Waals surface area (Å²) in [4.78, 5) is 10.9. The van der Waals surface area contributed by atoms with Crippen LogP contribution in [0.25, 0.3) is 0 Å². The molecule has 3 nitrogen and oxygen atoms in total. The van der Waals surface area contributed by atoms with E-state index in [0.717, 1.165) is 12.8 Å². The van der Waals surface area contributed by atoms with E-state index < -0.39 is 0 Å². The van der Waals surface area contributed by atoms with Gasteiger partial charge in [0, 0.05) is 12.7 Å². The summed E-state index contributed by atoms with van der Waals surface area (Å²) < 4.78 is 4.96. The van der Waals surface area contributed by atoms with E-state index in [1.807, 2.05) is 6.92 Å². The van der Waals surface area contributed by atoms with Crippen LogP contribution in [-0.2, 0) is 9.53 Å². The Bertz CT molecular complexity index is 243.